The Labute approximate surface area is 150 Å². The molecule has 23 heavy (non-hydrogen) atoms. The molecule has 0 heterocycles. The monoisotopic (exact) mass is 435 g/mol. The van der Waals surface area contributed by atoms with Gasteiger partial charge in [-0.3, -0.25) is 0 Å². The largest absolute Gasteiger partial charge is 0.480 e. The first-order chi connectivity index (χ1) is 11.0. The first kappa shape index (κ1) is 17.3. The molecule has 0 spiro atoms. The van der Waals surface area contributed by atoms with E-state index in [9.17, 15) is 10.1 Å². The van der Waals surface area contributed by atoms with Crippen LogP contribution in [0.5, 0.6) is 5.75 Å². The molecular formula is C17H11Br2NO3. The fourth-order valence-corrected chi connectivity index (χ4v) is 3.35. The Kier molecular flexibility index (Phi) is 5.97. The highest BCUT2D eigenvalue weighted by Gasteiger charge is 2.11. The lowest BCUT2D eigenvalue weighted by atomic mass is 10.0. The van der Waals surface area contributed by atoms with Crippen LogP contribution in [0.3, 0.4) is 0 Å². The Hall–Kier alpha value is -2.10. The number of nitrogens with zero attached hydrogens (tertiary/aromatic N) is 1. The van der Waals surface area contributed by atoms with Gasteiger partial charge in [-0.05, 0) is 61.2 Å². The molecule has 0 aliphatic rings. The minimum atomic E-state index is -1.05. The average molecular weight is 437 g/mol. The summed E-state index contributed by atoms with van der Waals surface area (Å²) < 4.78 is 6.42. The molecule has 2 aromatic carbocycles. The Morgan fingerprint density at radius 3 is 2.35 bits per heavy atom. The molecule has 0 aliphatic heterocycles. The second kappa shape index (κ2) is 7.95. The van der Waals surface area contributed by atoms with Gasteiger partial charge in [0, 0.05) is 0 Å². The fraction of sp³-hybridized carbons (Fsp3) is 0.0588. The predicted molar refractivity (Wildman–Crippen MR) is 94.9 cm³/mol. The summed E-state index contributed by atoms with van der Waals surface area (Å²) in [6, 6.07) is 15.1. The van der Waals surface area contributed by atoms with Crippen molar-refractivity contribution < 1.29 is 14.6 Å². The van der Waals surface area contributed by atoms with Crippen molar-refractivity contribution in [3.63, 3.8) is 0 Å². The van der Waals surface area contributed by atoms with Gasteiger partial charge in [0.1, 0.15) is 5.75 Å². The highest BCUT2D eigenvalue weighted by atomic mass is 79.9. The smallest absolute Gasteiger partial charge is 0.341 e. The van der Waals surface area contributed by atoms with Crippen LogP contribution in [0.1, 0.15) is 11.1 Å². The van der Waals surface area contributed by atoms with Gasteiger partial charge in [-0.2, -0.15) is 5.26 Å². The van der Waals surface area contributed by atoms with Gasteiger partial charge in [0.25, 0.3) is 0 Å². The topological polar surface area (TPSA) is 70.3 Å². The van der Waals surface area contributed by atoms with Crippen LogP contribution >= 0.6 is 31.9 Å². The minimum Gasteiger partial charge on any atom is -0.480 e. The number of rotatable bonds is 5. The van der Waals surface area contributed by atoms with Crippen LogP contribution in [0.2, 0.25) is 0 Å². The number of benzene rings is 2. The maximum Gasteiger partial charge on any atom is 0.341 e. The fourth-order valence-electron chi connectivity index (χ4n) is 1.90. The SMILES string of the molecule is N#C/C(=C\c1cc(Br)c(OCC(=O)O)c(Br)c1)c1ccccc1. The second-order valence-corrected chi connectivity index (χ2v) is 6.24. The third-order valence-corrected chi connectivity index (χ3v) is 4.05. The lowest BCUT2D eigenvalue weighted by Gasteiger charge is -2.10. The van der Waals surface area contributed by atoms with E-state index < -0.39 is 12.6 Å². The van der Waals surface area contributed by atoms with Crippen LogP contribution in [-0.4, -0.2) is 17.7 Å². The highest BCUT2D eigenvalue weighted by molar-refractivity contribution is 9.11. The van der Waals surface area contributed by atoms with Crippen molar-refractivity contribution in [3.8, 4) is 11.8 Å². The number of nitriles is 1. The highest BCUT2D eigenvalue weighted by Crippen LogP contribution is 2.35. The van der Waals surface area contributed by atoms with E-state index in [1.165, 1.54) is 0 Å². The lowest BCUT2D eigenvalue weighted by molar-refractivity contribution is -0.139. The zero-order chi connectivity index (χ0) is 16.8. The Morgan fingerprint density at radius 1 is 1.22 bits per heavy atom. The number of carboxylic acid groups (broad SMARTS) is 1. The number of carboxylic acids is 1. The molecule has 0 aliphatic carbocycles. The number of ether oxygens (including phenoxy) is 1. The zero-order valence-electron chi connectivity index (χ0n) is 11.8. The van der Waals surface area contributed by atoms with Crippen LogP contribution < -0.4 is 4.74 Å². The summed E-state index contributed by atoms with van der Waals surface area (Å²) in [6.45, 7) is -0.431. The summed E-state index contributed by atoms with van der Waals surface area (Å²) in [6.07, 6.45) is 1.76. The predicted octanol–water partition coefficient (Wildman–Crippen LogP) is 4.74. The summed E-state index contributed by atoms with van der Waals surface area (Å²) >= 11 is 6.71. The normalized spacial score (nSPS) is 10.9. The van der Waals surface area contributed by atoms with Gasteiger partial charge < -0.3 is 9.84 Å². The van der Waals surface area contributed by atoms with Crippen molar-refractivity contribution in [1.82, 2.24) is 0 Å². The van der Waals surface area contributed by atoms with Crippen molar-refractivity contribution in [1.29, 1.82) is 5.26 Å². The third-order valence-electron chi connectivity index (χ3n) is 2.88. The van der Waals surface area contributed by atoms with Gasteiger partial charge in [-0.15, -0.1) is 0 Å². The summed E-state index contributed by atoms with van der Waals surface area (Å²) in [5.74, 6) is -0.647. The molecule has 0 unspecified atom stereocenters. The number of halogens is 2. The molecule has 0 saturated heterocycles. The molecule has 0 saturated carbocycles. The van der Waals surface area contributed by atoms with E-state index in [0.29, 0.717) is 20.3 Å². The van der Waals surface area contributed by atoms with Gasteiger partial charge in [-0.25, -0.2) is 4.79 Å². The third kappa shape index (κ3) is 4.68. The van der Waals surface area contributed by atoms with E-state index >= 15 is 0 Å². The number of aliphatic carboxylic acids is 1. The van der Waals surface area contributed by atoms with Crippen LogP contribution in [0.25, 0.3) is 11.6 Å². The molecular weight excluding hydrogens is 426 g/mol. The Morgan fingerprint density at radius 2 is 1.83 bits per heavy atom. The zero-order valence-corrected chi connectivity index (χ0v) is 15.0. The van der Waals surface area contributed by atoms with Crippen molar-refractivity contribution in [2.24, 2.45) is 0 Å². The van der Waals surface area contributed by atoms with Crippen molar-refractivity contribution >= 4 is 49.5 Å². The molecule has 1 N–H and O–H groups in total. The van der Waals surface area contributed by atoms with E-state index in [0.717, 1.165) is 11.1 Å². The van der Waals surface area contributed by atoms with E-state index in [4.69, 9.17) is 9.84 Å². The van der Waals surface area contributed by atoms with Crippen LogP contribution in [0.4, 0.5) is 0 Å². The van der Waals surface area contributed by atoms with Gasteiger partial charge in [0.2, 0.25) is 0 Å². The van der Waals surface area contributed by atoms with E-state index in [1.54, 1.807) is 18.2 Å². The van der Waals surface area contributed by atoms with E-state index in [2.05, 4.69) is 37.9 Å². The van der Waals surface area contributed by atoms with Gasteiger partial charge in [-0.1, -0.05) is 30.3 Å². The van der Waals surface area contributed by atoms with E-state index in [-0.39, 0.29) is 0 Å². The van der Waals surface area contributed by atoms with Crippen LogP contribution in [0, 0.1) is 11.3 Å². The molecule has 4 nitrogen and oxygen atoms in total. The molecule has 6 heteroatoms. The van der Waals surface area contributed by atoms with Gasteiger partial charge in [0.05, 0.1) is 20.6 Å². The molecule has 2 rings (SSSR count). The summed E-state index contributed by atoms with van der Waals surface area (Å²) in [5, 5.41) is 18.0. The van der Waals surface area contributed by atoms with Gasteiger partial charge >= 0.3 is 5.97 Å². The minimum absolute atomic E-state index is 0.405. The van der Waals surface area contributed by atoms with Crippen molar-refractivity contribution in [3.05, 3.63) is 62.5 Å². The standard InChI is InChI=1S/C17H11Br2NO3/c18-14-7-11(8-15(19)17(14)23-10-16(21)22)6-13(9-20)12-4-2-1-3-5-12/h1-8H,10H2,(H,21,22)/b13-6+. The maximum absolute atomic E-state index is 10.6. The molecule has 116 valence electrons. The molecule has 0 bridgehead atoms. The molecule has 2 aromatic rings. The summed E-state index contributed by atoms with van der Waals surface area (Å²) in [4.78, 5) is 10.6. The molecule has 0 fully saturated rings. The Balaban J connectivity index is 2.36. The maximum atomic E-state index is 10.6. The van der Waals surface area contributed by atoms with Gasteiger partial charge in [0.15, 0.2) is 6.61 Å². The Bertz CT molecular complexity index is 772. The number of allylic oxidation sites excluding steroid dienone is 1. The number of hydrogen-bond acceptors (Lipinski definition) is 3. The quantitative estimate of drug-likeness (QED) is 0.542. The molecule has 0 radical (unpaired) electrons. The second-order valence-electron chi connectivity index (χ2n) is 4.53. The first-order valence-electron chi connectivity index (χ1n) is 6.52. The molecule has 0 aromatic heterocycles. The average Bonchev–Trinajstić information content (AvgIpc) is 2.52. The first-order valence-corrected chi connectivity index (χ1v) is 8.10. The number of carbonyl (C=O) groups is 1. The van der Waals surface area contributed by atoms with Crippen molar-refractivity contribution in [2.75, 3.05) is 6.61 Å². The molecule has 0 amide bonds. The lowest BCUT2D eigenvalue weighted by Crippen LogP contribution is -2.10. The summed E-state index contributed by atoms with van der Waals surface area (Å²) in [7, 11) is 0. The van der Waals surface area contributed by atoms with Crippen LogP contribution in [-0.2, 0) is 4.79 Å². The van der Waals surface area contributed by atoms with Crippen LogP contribution in [0.15, 0.2) is 51.4 Å². The number of hydrogen-bond donors (Lipinski definition) is 1. The van der Waals surface area contributed by atoms with E-state index in [1.807, 2.05) is 30.3 Å². The summed E-state index contributed by atoms with van der Waals surface area (Å²) in [5.41, 5.74) is 2.14. The molecule has 0 atom stereocenters. The van der Waals surface area contributed by atoms with Crippen molar-refractivity contribution in [2.45, 2.75) is 0 Å².